The number of phenolic OH excluding ortho intramolecular Hbond substituents is 1. The topological polar surface area (TPSA) is 46.5 Å². The van der Waals surface area contributed by atoms with Gasteiger partial charge in [-0.15, -0.1) is 11.8 Å². The van der Waals surface area contributed by atoms with Gasteiger partial charge in [0.15, 0.2) is 0 Å². The van der Waals surface area contributed by atoms with Gasteiger partial charge in [-0.05, 0) is 43.7 Å². The maximum atomic E-state index is 11.8. The molecular weight excluding hydrogens is 236 g/mol. The first kappa shape index (κ1) is 13.9. The molecule has 0 saturated carbocycles. The van der Waals surface area contributed by atoms with Crippen molar-refractivity contribution in [3.8, 4) is 5.75 Å². The Morgan fingerprint density at radius 1 is 1.47 bits per heavy atom. The minimum atomic E-state index is -0.455. The molecule has 0 aliphatic heterocycles. The molecule has 0 spiro atoms. The van der Waals surface area contributed by atoms with Gasteiger partial charge in [-0.25, -0.2) is 4.79 Å². The van der Waals surface area contributed by atoms with Crippen molar-refractivity contribution in [2.24, 2.45) is 0 Å². The van der Waals surface area contributed by atoms with Gasteiger partial charge in [0.25, 0.3) is 0 Å². The van der Waals surface area contributed by atoms with E-state index in [1.165, 1.54) is 11.8 Å². The van der Waals surface area contributed by atoms with Gasteiger partial charge in [-0.2, -0.15) is 0 Å². The zero-order valence-electron chi connectivity index (χ0n) is 10.7. The van der Waals surface area contributed by atoms with Crippen LogP contribution in [-0.2, 0) is 11.2 Å². The van der Waals surface area contributed by atoms with Crippen LogP contribution in [0.15, 0.2) is 11.0 Å². The fourth-order valence-electron chi connectivity index (χ4n) is 1.88. The van der Waals surface area contributed by atoms with Gasteiger partial charge >= 0.3 is 5.97 Å². The summed E-state index contributed by atoms with van der Waals surface area (Å²) in [7, 11) is 0. The van der Waals surface area contributed by atoms with Crippen LogP contribution >= 0.6 is 11.8 Å². The molecule has 94 valence electrons. The SMILES string of the molecule is CCOC(=O)c1c(O)cc(C)c(CC)c1SC. The van der Waals surface area contributed by atoms with E-state index in [2.05, 4.69) is 0 Å². The van der Waals surface area contributed by atoms with E-state index in [0.29, 0.717) is 12.2 Å². The fraction of sp³-hybridized carbons (Fsp3) is 0.462. The monoisotopic (exact) mass is 254 g/mol. The minimum Gasteiger partial charge on any atom is -0.507 e. The Labute approximate surface area is 106 Å². The van der Waals surface area contributed by atoms with E-state index in [1.54, 1.807) is 13.0 Å². The quantitative estimate of drug-likeness (QED) is 0.662. The van der Waals surface area contributed by atoms with Crippen LogP contribution in [0.3, 0.4) is 0 Å². The van der Waals surface area contributed by atoms with Gasteiger partial charge in [0, 0.05) is 4.90 Å². The zero-order chi connectivity index (χ0) is 13.0. The Balaban J connectivity index is 3.41. The van der Waals surface area contributed by atoms with Crippen molar-refractivity contribution >= 4 is 17.7 Å². The largest absolute Gasteiger partial charge is 0.507 e. The summed E-state index contributed by atoms with van der Waals surface area (Å²) in [6.45, 7) is 6.03. The van der Waals surface area contributed by atoms with Crippen molar-refractivity contribution in [3.63, 3.8) is 0 Å². The van der Waals surface area contributed by atoms with E-state index in [1.807, 2.05) is 20.1 Å². The molecule has 3 nitrogen and oxygen atoms in total. The fourth-order valence-corrected chi connectivity index (χ4v) is 2.82. The summed E-state index contributed by atoms with van der Waals surface area (Å²) in [5.41, 5.74) is 2.39. The average Bonchev–Trinajstić information content (AvgIpc) is 2.28. The summed E-state index contributed by atoms with van der Waals surface area (Å²) in [5.74, 6) is -0.452. The minimum absolute atomic E-state index is 0.00231. The summed E-state index contributed by atoms with van der Waals surface area (Å²) in [6, 6.07) is 1.63. The maximum Gasteiger partial charge on any atom is 0.343 e. The van der Waals surface area contributed by atoms with E-state index >= 15 is 0 Å². The third-order valence-corrected chi connectivity index (χ3v) is 3.48. The number of phenols is 1. The Bertz CT molecular complexity index is 427. The molecule has 0 atom stereocenters. The van der Waals surface area contributed by atoms with E-state index in [4.69, 9.17) is 4.74 Å². The number of ether oxygens (including phenoxy) is 1. The number of rotatable bonds is 4. The Kier molecular flexibility index (Phi) is 4.87. The molecule has 0 aromatic heterocycles. The van der Waals surface area contributed by atoms with Gasteiger partial charge in [0.1, 0.15) is 11.3 Å². The molecule has 0 heterocycles. The van der Waals surface area contributed by atoms with E-state index in [0.717, 1.165) is 22.4 Å². The molecule has 0 aliphatic carbocycles. The number of aryl methyl sites for hydroxylation is 1. The van der Waals surface area contributed by atoms with Crippen LogP contribution in [0.25, 0.3) is 0 Å². The highest BCUT2D eigenvalue weighted by Gasteiger charge is 2.21. The lowest BCUT2D eigenvalue weighted by Crippen LogP contribution is -2.09. The third kappa shape index (κ3) is 2.75. The highest BCUT2D eigenvalue weighted by atomic mass is 32.2. The van der Waals surface area contributed by atoms with Gasteiger partial charge in [0.2, 0.25) is 0 Å². The number of aromatic hydroxyl groups is 1. The number of carbonyl (C=O) groups is 1. The van der Waals surface area contributed by atoms with Crippen molar-refractivity contribution in [3.05, 3.63) is 22.8 Å². The predicted molar refractivity (Wildman–Crippen MR) is 70.0 cm³/mol. The van der Waals surface area contributed by atoms with E-state index < -0.39 is 5.97 Å². The van der Waals surface area contributed by atoms with E-state index in [-0.39, 0.29) is 5.75 Å². The summed E-state index contributed by atoms with van der Waals surface area (Å²) >= 11 is 1.47. The lowest BCUT2D eigenvalue weighted by atomic mass is 10.0. The second kappa shape index (κ2) is 5.96. The molecule has 1 aromatic rings. The van der Waals surface area contributed by atoms with Crippen LogP contribution < -0.4 is 0 Å². The molecule has 4 heteroatoms. The molecular formula is C13H18O3S. The second-order valence-electron chi connectivity index (χ2n) is 3.67. The first-order valence-corrected chi connectivity index (χ1v) is 6.85. The molecule has 0 fully saturated rings. The van der Waals surface area contributed by atoms with E-state index in [9.17, 15) is 9.90 Å². The highest BCUT2D eigenvalue weighted by molar-refractivity contribution is 7.98. The Hall–Kier alpha value is -1.16. The van der Waals surface area contributed by atoms with Crippen molar-refractivity contribution < 1.29 is 14.6 Å². The van der Waals surface area contributed by atoms with Crippen molar-refractivity contribution in [2.45, 2.75) is 32.1 Å². The molecule has 0 bridgehead atoms. The summed E-state index contributed by atoms with van der Waals surface area (Å²) in [6.07, 6.45) is 2.73. The van der Waals surface area contributed by atoms with Crippen LogP contribution in [0.2, 0.25) is 0 Å². The standard InChI is InChI=1S/C13H18O3S/c1-5-9-8(3)7-10(14)11(12(9)17-4)13(15)16-6-2/h7,14H,5-6H2,1-4H3. The summed E-state index contributed by atoms with van der Waals surface area (Å²) < 4.78 is 4.98. The number of benzene rings is 1. The number of esters is 1. The number of hydrogen-bond acceptors (Lipinski definition) is 4. The smallest absolute Gasteiger partial charge is 0.343 e. The van der Waals surface area contributed by atoms with Crippen molar-refractivity contribution in [1.29, 1.82) is 0 Å². The van der Waals surface area contributed by atoms with Gasteiger partial charge < -0.3 is 9.84 Å². The number of hydrogen-bond donors (Lipinski definition) is 1. The molecule has 0 aliphatic rings. The lowest BCUT2D eigenvalue weighted by Gasteiger charge is -2.15. The number of carbonyl (C=O) groups excluding carboxylic acids is 1. The first-order valence-electron chi connectivity index (χ1n) is 5.63. The van der Waals surface area contributed by atoms with Crippen LogP contribution in [0.4, 0.5) is 0 Å². The third-order valence-electron chi connectivity index (χ3n) is 2.62. The summed E-state index contributed by atoms with van der Waals surface area (Å²) in [4.78, 5) is 12.7. The molecule has 1 N–H and O–H groups in total. The Morgan fingerprint density at radius 3 is 2.59 bits per heavy atom. The van der Waals surface area contributed by atoms with Crippen LogP contribution in [0.1, 0.15) is 35.3 Å². The van der Waals surface area contributed by atoms with Crippen LogP contribution in [0, 0.1) is 6.92 Å². The Morgan fingerprint density at radius 2 is 2.12 bits per heavy atom. The molecule has 1 rings (SSSR count). The predicted octanol–water partition coefficient (Wildman–Crippen LogP) is 3.16. The molecule has 0 amide bonds. The van der Waals surface area contributed by atoms with Crippen LogP contribution in [0.5, 0.6) is 5.75 Å². The molecule has 0 unspecified atom stereocenters. The first-order chi connectivity index (χ1) is 8.06. The van der Waals surface area contributed by atoms with Gasteiger partial charge in [0.05, 0.1) is 6.61 Å². The van der Waals surface area contributed by atoms with Gasteiger partial charge in [-0.3, -0.25) is 0 Å². The average molecular weight is 254 g/mol. The zero-order valence-corrected chi connectivity index (χ0v) is 11.5. The number of thioether (sulfide) groups is 1. The normalized spacial score (nSPS) is 10.4. The second-order valence-corrected chi connectivity index (χ2v) is 4.49. The van der Waals surface area contributed by atoms with Gasteiger partial charge in [-0.1, -0.05) is 6.92 Å². The molecule has 17 heavy (non-hydrogen) atoms. The maximum absolute atomic E-state index is 11.8. The summed E-state index contributed by atoms with van der Waals surface area (Å²) in [5, 5.41) is 9.91. The van der Waals surface area contributed by atoms with Crippen molar-refractivity contribution in [2.75, 3.05) is 12.9 Å². The molecule has 0 saturated heterocycles. The van der Waals surface area contributed by atoms with Crippen LogP contribution in [-0.4, -0.2) is 23.9 Å². The molecule has 1 aromatic carbocycles. The lowest BCUT2D eigenvalue weighted by molar-refractivity contribution is 0.0518. The highest BCUT2D eigenvalue weighted by Crippen LogP contribution is 2.35. The molecule has 0 radical (unpaired) electrons. The van der Waals surface area contributed by atoms with Crippen molar-refractivity contribution in [1.82, 2.24) is 0 Å².